The molecule has 15 nitrogen and oxygen atoms in total. The van der Waals surface area contributed by atoms with Crippen LogP contribution in [0.4, 0.5) is 34.6 Å². The molecular weight excluding hydrogens is 783 g/mol. The number of hydrogen-bond acceptors (Lipinski definition) is 12. The molecule has 6 heterocycles. The standard InChI is InChI=1S/C47H55N11O4/c1-3-20-48-44(60)36-27-49-47(54-43(36)52-40-16-10-32-9-8-31(4-2)42(32)51-40)50-33-11-13-34(14-12-33)56-25-23-55(24-26-56)28-30-18-21-57(22-19-30)38-7-5-6-35-37(38)29-58(46(35)62)39-15-17-41(59)53-45(39)61/h3,5-7,10-14,16,27,30-31,39H,1,4,8-9,15,17-26,28-29H2,2H3,(H,48,60)(H,53,59,61)(H2,49,50,51,52,54). The predicted octanol–water partition coefficient (Wildman–Crippen LogP) is 5.51. The van der Waals surface area contributed by atoms with Crippen molar-refractivity contribution in [3.8, 4) is 0 Å². The van der Waals surface area contributed by atoms with Gasteiger partial charge in [-0.25, -0.2) is 9.97 Å². The lowest BCUT2D eigenvalue weighted by molar-refractivity contribution is -0.136. The summed E-state index contributed by atoms with van der Waals surface area (Å²) in [5, 5.41) is 11.9. The van der Waals surface area contributed by atoms with Crippen molar-refractivity contribution in [2.45, 2.75) is 70.4 Å². The van der Waals surface area contributed by atoms with Crippen LogP contribution in [0, 0.1) is 5.92 Å². The molecule has 0 bridgehead atoms. The molecule has 2 atom stereocenters. The minimum Gasteiger partial charge on any atom is -0.371 e. The third-order valence-electron chi connectivity index (χ3n) is 13.2. The van der Waals surface area contributed by atoms with Crippen LogP contribution < -0.4 is 31.1 Å². The lowest BCUT2D eigenvalue weighted by Crippen LogP contribution is -2.52. The lowest BCUT2D eigenvalue weighted by atomic mass is 9.94. The summed E-state index contributed by atoms with van der Waals surface area (Å²) < 4.78 is 0. The van der Waals surface area contributed by atoms with E-state index in [1.54, 1.807) is 11.0 Å². The number of carbonyl (C=O) groups excluding carboxylic acids is 4. The van der Waals surface area contributed by atoms with Gasteiger partial charge in [0.2, 0.25) is 17.8 Å². The highest BCUT2D eigenvalue weighted by molar-refractivity contribution is 6.06. The Hall–Kier alpha value is -6.35. The fourth-order valence-electron chi connectivity index (χ4n) is 9.75. The number of benzene rings is 2. The third kappa shape index (κ3) is 8.58. The molecular formula is C47H55N11O4. The topological polar surface area (TPSA) is 168 Å². The van der Waals surface area contributed by atoms with E-state index in [4.69, 9.17) is 9.97 Å². The average molecular weight is 838 g/mol. The van der Waals surface area contributed by atoms with Crippen LogP contribution in [0.2, 0.25) is 0 Å². The summed E-state index contributed by atoms with van der Waals surface area (Å²) in [6, 6.07) is 17.7. The summed E-state index contributed by atoms with van der Waals surface area (Å²) in [7, 11) is 0. The maximum Gasteiger partial charge on any atom is 0.256 e. The van der Waals surface area contributed by atoms with Crippen LogP contribution in [0.3, 0.4) is 0 Å². The first-order valence-corrected chi connectivity index (χ1v) is 22.1. The SMILES string of the molecule is C=CCNC(=O)c1cnc(Nc2ccc(N3CCN(CC4CCN(c5cccc6c5CN(C5CCC(=O)NC5=O)C6=O)CC4)CC3)cc2)nc1Nc1ccc2c(n1)C(CC)CC2. The van der Waals surface area contributed by atoms with Gasteiger partial charge in [-0.3, -0.25) is 29.4 Å². The Balaban J connectivity index is 0.769. The number of aromatic nitrogens is 3. The highest BCUT2D eigenvalue weighted by Gasteiger charge is 2.40. The number of fused-ring (bicyclic) bond motifs is 2. The first kappa shape index (κ1) is 41.0. The number of rotatable bonds is 13. The van der Waals surface area contributed by atoms with Gasteiger partial charge in [-0.15, -0.1) is 6.58 Å². The minimum absolute atomic E-state index is 0.127. The maximum atomic E-state index is 13.4. The van der Waals surface area contributed by atoms with E-state index in [0.717, 1.165) is 101 Å². The highest BCUT2D eigenvalue weighted by atomic mass is 16.2. The van der Waals surface area contributed by atoms with E-state index in [-0.39, 0.29) is 30.0 Å². The van der Waals surface area contributed by atoms with Crippen LogP contribution in [0.25, 0.3) is 0 Å². The monoisotopic (exact) mass is 837 g/mol. The van der Waals surface area contributed by atoms with Gasteiger partial charge in [-0.1, -0.05) is 25.1 Å². The van der Waals surface area contributed by atoms with Crippen molar-refractivity contribution < 1.29 is 19.2 Å². The predicted molar refractivity (Wildman–Crippen MR) is 239 cm³/mol. The first-order valence-electron chi connectivity index (χ1n) is 22.1. The van der Waals surface area contributed by atoms with Gasteiger partial charge in [-0.2, -0.15) is 4.98 Å². The van der Waals surface area contributed by atoms with E-state index in [2.05, 4.69) is 78.7 Å². The zero-order valence-corrected chi connectivity index (χ0v) is 35.4. The van der Waals surface area contributed by atoms with E-state index in [1.807, 2.05) is 30.3 Å². The molecule has 3 fully saturated rings. The summed E-state index contributed by atoms with van der Waals surface area (Å²) in [6.45, 7) is 13.5. The van der Waals surface area contributed by atoms with E-state index in [0.29, 0.717) is 60.1 Å². The van der Waals surface area contributed by atoms with Crippen LogP contribution >= 0.6 is 0 Å². The molecule has 0 spiro atoms. The van der Waals surface area contributed by atoms with Gasteiger partial charge in [0.15, 0.2) is 0 Å². The van der Waals surface area contributed by atoms with Crippen LogP contribution in [-0.2, 0) is 22.6 Å². The van der Waals surface area contributed by atoms with Gasteiger partial charge < -0.3 is 30.7 Å². The Bertz CT molecular complexity index is 2350. The second-order valence-electron chi connectivity index (χ2n) is 17.1. The molecule has 4 N–H and O–H groups in total. The fraction of sp³-hybridized carbons (Fsp3) is 0.426. The second kappa shape index (κ2) is 17.9. The Morgan fingerprint density at radius 1 is 0.887 bits per heavy atom. The van der Waals surface area contributed by atoms with Crippen molar-refractivity contribution in [2.24, 2.45) is 5.92 Å². The van der Waals surface area contributed by atoms with Crippen molar-refractivity contribution in [1.29, 1.82) is 0 Å². The number of pyridine rings is 1. The molecule has 322 valence electrons. The van der Waals surface area contributed by atoms with Crippen LogP contribution in [0.15, 0.2) is 73.4 Å². The lowest BCUT2D eigenvalue weighted by Gasteiger charge is -2.40. The number of imide groups is 1. The molecule has 0 radical (unpaired) electrons. The number of nitrogens with zero attached hydrogens (tertiary/aromatic N) is 7. The Morgan fingerprint density at radius 3 is 2.45 bits per heavy atom. The van der Waals surface area contributed by atoms with E-state index in [1.165, 1.54) is 17.4 Å². The molecule has 15 heteroatoms. The van der Waals surface area contributed by atoms with Gasteiger partial charge in [0.05, 0.1) is 0 Å². The van der Waals surface area contributed by atoms with Gasteiger partial charge in [0.1, 0.15) is 23.2 Å². The number of nitrogens with one attached hydrogen (secondary N) is 4. The van der Waals surface area contributed by atoms with E-state index in [9.17, 15) is 19.2 Å². The Labute approximate surface area is 362 Å². The van der Waals surface area contributed by atoms with Crippen molar-refractivity contribution in [3.05, 3.63) is 101 Å². The average Bonchev–Trinajstić information content (AvgIpc) is 3.86. The van der Waals surface area contributed by atoms with Crippen LogP contribution in [0.1, 0.15) is 88.9 Å². The quantitative estimate of drug-likeness (QED) is 0.0986. The van der Waals surface area contributed by atoms with Crippen molar-refractivity contribution in [3.63, 3.8) is 0 Å². The molecule has 3 saturated heterocycles. The summed E-state index contributed by atoms with van der Waals surface area (Å²) in [6.07, 6.45) is 9.14. The zero-order valence-electron chi connectivity index (χ0n) is 35.4. The molecule has 2 aromatic carbocycles. The molecule has 62 heavy (non-hydrogen) atoms. The maximum absolute atomic E-state index is 13.4. The fourth-order valence-corrected chi connectivity index (χ4v) is 9.75. The molecule has 9 rings (SSSR count). The molecule has 5 aliphatic rings. The van der Waals surface area contributed by atoms with E-state index >= 15 is 0 Å². The van der Waals surface area contributed by atoms with E-state index < -0.39 is 6.04 Å². The summed E-state index contributed by atoms with van der Waals surface area (Å²) >= 11 is 0. The number of anilines is 6. The molecule has 0 saturated carbocycles. The van der Waals surface area contributed by atoms with Crippen molar-refractivity contribution in [1.82, 2.24) is 35.4 Å². The third-order valence-corrected chi connectivity index (χ3v) is 13.2. The smallest absolute Gasteiger partial charge is 0.256 e. The second-order valence-corrected chi connectivity index (χ2v) is 17.1. The molecule has 1 aliphatic carbocycles. The Morgan fingerprint density at radius 2 is 1.69 bits per heavy atom. The molecule has 2 unspecified atom stereocenters. The summed E-state index contributed by atoms with van der Waals surface area (Å²) in [4.78, 5) is 74.0. The van der Waals surface area contributed by atoms with Crippen molar-refractivity contribution >= 4 is 58.3 Å². The number of amides is 4. The van der Waals surface area contributed by atoms with Gasteiger partial charge in [-0.05, 0) is 92.5 Å². The molecule has 4 aliphatic heterocycles. The number of piperidine rings is 2. The van der Waals surface area contributed by atoms with Gasteiger partial charge in [0.25, 0.3) is 11.8 Å². The van der Waals surface area contributed by atoms with Crippen molar-refractivity contribution in [2.75, 3.05) is 72.8 Å². The molecule has 2 aromatic heterocycles. The largest absolute Gasteiger partial charge is 0.371 e. The number of hydrogen-bond donors (Lipinski definition) is 4. The summed E-state index contributed by atoms with van der Waals surface area (Å²) in [5.74, 6) is 1.36. The summed E-state index contributed by atoms with van der Waals surface area (Å²) in [5.41, 5.74) is 7.48. The van der Waals surface area contributed by atoms with Gasteiger partial charge in [0, 0.05) is 111 Å². The highest BCUT2D eigenvalue weighted by Crippen LogP contribution is 2.37. The molecule has 4 amide bonds. The normalized spacial score (nSPS) is 20.5. The minimum atomic E-state index is -0.609. The zero-order chi connectivity index (χ0) is 42.7. The van der Waals surface area contributed by atoms with Gasteiger partial charge >= 0.3 is 0 Å². The Kier molecular flexibility index (Phi) is 11.9. The van der Waals surface area contributed by atoms with Crippen LogP contribution in [-0.4, -0.2) is 107 Å². The number of carbonyl (C=O) groups is 4. The first-order chi connectivity index (χ1) is 30.2. The van der Waals surface area contributed by atoms with Crippen LogP contribution in [0.5, 0.6) is 0 Å². The number of piperazine rings is 1. The molecule has 4 aromatic rings. The number of aryl methyl sites for hydroxylation is 1.